The zero-order valence-corrected chi connectivity index (χ0v) is 16.8. The van der Waals surface area contributed by atoms with Crippen molar-refractivity contribution < 1.29 is 14.5 Å². The molecule has 0 saturated heterocycles. The van der Waals surface area contributed by atoms with Gasteiger partial charge in [-0.25, -0.2) is 0 Å². The molecular formula is C18H18N6O4S. The fraction of sp³-hybridized carbons (Fsp3) is 0.222. The number of carbonyl (C=O) groups excluding carboxylic acids is 1. The number of rotatable bonds is 7. The summed E-state index contributed by atoms with van der Waals surface area (Å²) in [6.45, 7) is 1.68. The Morgan fingerprint density at radius 3 is 2.69 bits per heavy atom. The zero-order chi connectivity index (χ0) is 21.0. The first-order valence-electron chi connectivity index (χ1n) is 8.46. The zero-order valence-electron chi connectivity index (χ0n) is 15.9. The minimum absolute atomic E-state index is 0.0823. The number of methoxy groups -OCH3 is 1. The molecule has 0 fully saturated rings. The summed E-state index contributed by atoms with van der Waals surface area (Å²) in [6, 6.07) is 6.47. The van der Waals surface area contributed by atoms with E-state index in [0.29, 0.717) is 22.2 Å². The number of aryl methyl sites for hydroxylation is 1. The molecule has 11 heteroatoms. The Kier molecular flexibility index (Phi) is 6.07. The van der Waals surface area contributed by atoms with Gasteiger partial charge in [0.1, 0.15) is 0 Å². The summed E-state index contributed by atoms with van der Waals surface area (Å²) in [5, 5.41) is 22.7. The smallest absolute Gasteiger partial charge is 0.311 e. The maximum absolute atomic E-state index is 12.4. The highest BCUT2D eigenvalue weighted by molar-refractivity contribution is 7.99. The normalized spacial score (nSPS) is 10.6. The van der Waals surface area contributed by atoms with Crippen molar-refractivity contribution in [1.82, 2.24) is 19.7 Å². The number of aromatic nitrogens is 4. The monoisotopic (exact) mass is 414 g/mol. The molecule has 29 heavy (non-hydrogen) atoms. The quantitative estimate of drug-likeness (QED) is 0.355. The molecule has 0 radical (unpaired) electrons. The molecule has 3 aromatic rings. The van der Waals surface area contributed by atoms with Crippen LogP contribution in [0.2, 0.25) is 0 Å². The van der Waals surface area contributed by atoms with Gasteiger partial charge in [-0.3, -0.25) is 19.9 Å². The first-order chi connectivity index (χ1) is 13.9. The lowest BCUT2D eigenvalue weighted by molar-refractivity contribution is -0.385. The van der Waals surface area contributed by atoms with E-state index >= 15 is 0 Å². The van der Waals surface area contributed by atoms with Crippen molar-refractivity contribution in [2.24, 2.45) is 7.05 Å². The third-order valence-electron chi connectivity index (χ3n) is 4.10. The molecule has 0 aliphatic carbocycles. The van der Waals surface area contributed by atoms with Crippen LogP contribution >= 0.6 is 11.8 Å². The van der Waals surface area contributed by atoms with Gasteiger partial charge in [0.2, 0.25) is 5.91 Å². The summed E-state index contributed by atoms with van der Waals surface area (Å²) in [6.07, 6.45) is 3.34. The Labute approximate surface area is 170 Å². The van der Waals surface area contributed by atoms with E-state index in [0.717, 1.165) is 5.56 Å². The van der Waals surface area contributed by atoms with Gasteiger partial charge in [0.25, 0.3) is 0 Å². The highest BCUT2D eigenvalue weighted by atomic mass is 32.2. The number of nitro groups is 1. The molecule has 0 bridgehead atoms. The number of hydrogen-bond acceptors (Lipinski definition) is 8. The van der Waals surface area contributed by atoms with Gasteiger partial charge in [0.05, 0.1) is 17.8 Å². The number of nitrogens with zero attached hydrogens (tertiary/aromatic N) is 5. The average molecular weight is 414 g/mol. The predicted molar refractivity (Wildman–Crippen MR) is 108 cm³/mol. The summed E-state index contributed by atoms with van der Waals surface area (Å²) in [4.78, 5) is 26.9. The van der Waals surface area contributed by atoms with E-state index in [1.54, 1.807) is 23.9 Å². The molecule has 3 rings (SSSR count). The van der Waals surface area contributed by atoms with Crippen molar-refractivity contribution in [1.29, 1.82) is 0 Å². The van der Waals surface area contributed by atoms with E-state index in [2.05, 4.69) is 20.5 Å². The predicted octanol–water partition coefficient (Wildman–Crippen LogP) is 2.83. The Morgan fingerprint density at radius 2 is 2.03 bits per heavy atom. The molecule has 0 unspecified atom stereocenters. The summed E-state index contributed by atoms with van der Waals surface area (Å²) in [7, 11) is 3.16. The topological polar surface area (TPSA) is 125 Å². The fourth-order valence-corrected chi connectivity index (χ4v) is 3.33. The maximum atomic E-state index is 12.4. The van der Waals surface area contributed by atoms with Crippen LogP contribution in [0.4, 0.5) is 11.4 Å². The van der Waals surface area contributed by atoms with Crippen molar-refractivity contribution in [2.45, 2.75) is 12.1 Å². The van der Waals surface area contributed by atoms with Gasteiger partial charge < -0.3 is 14.6 Å². The van der Waals surface area contributed by atoms with Gasteiger partial charge in [-0.2, -0.15) is 0 Å². The first-order valence-corrected chi connectivity index (χ1v) is 9.44. The van der Waals surface area contributed by atoms with Crippen molar-refractivity contribution in [2.75, 3.05) is 18.2 Å². The summed E-state index contributed by atoms with van der Waals surface area (Å²) in [5.74, 6) is 0.578. The highest BCUT2D eigenvalue weighted by Gasteiger charge is 2.19. The number of nitro benzene ring substituents is 1. The molecule has 0 aliphatic heterocycles. The Balaban J connectivity index is 1.68. The van der Waals surface area contributed by atoms with Crippen molar-refractivity contribution in [3.05, 3.63) is 52.3 Å². The third-order valence-corrected chi connectivity index (χ3v) is 5.12. The molecule has 10 nitrogen and oxygen atoms in total. The number of hydrogen-bond donors (Lipinski definition) is 1. The number of ether oxygens (including phenoxy) is 1. The van der Waals surface area contributed by atoms with Crippen LogP contribution in [0.1, 0.15) is 5.56 Å². The number of amides is 1. The minimum Gasteiger partial charge on any atom is -0.490 e. The molecule has 1 aromatic carbocycles. The largest absolute Gasteiger partial charge is 0.490 e. The van der Waals surface area contributed by atoms with E-state index in [4.69, 9.17) is 4.74 Å². The summed E-state index contributed by atoms with van der Waals surface area (Å²) in [5.41, 5.74) is 1.74. The van der Waals surface area contributed by atoms with Crippen molar-refractivity contribution in [3.63, 3.8) is 0 Å². The molecule has 2 aromatic heterocycles. The van der Waals surface area contributed by atoms with Crippen LogP contribution in [0.25, 0.3) is 11.4 Å². The molecule has 0 atom stereocenters. The number of nitrogens with one attached hydrogen (secondary N) is 1. The van der Waals surface area contributed by atoms with Crippen LogP contribution in [-0.2, 0) is 11.8 Å². The molecule has 150 valence electrons. The molecule has 1 N–H and O–H groups in total. The van der Waals surface area contributed by atoms with E-state index < -0.39 is 4.92 Å². The maximum Gasteiger partial charge on any atom is 0.311 e. The number of pyridine rings is 1. The van der Waals surface area contributed by atoms with E-state index in [1.807, 2.05) is 19.2 Å². The number of benzene rings is 1. The molecule has 0 aliphatic rings. The summed E-state index contributed by atoms with van der Waals surface area (Å²) >= 11 is 1.24. The molecule has 1 amide bonds. The standard InChI is InChI=1S/C18H18N6O4S/c1-11-8-14(24(26)27)15(28-3)9-13(11)20-16(25)10-29-18-22-21-17(23(18)2)12-4-6-19-7-5-12/h4-9H,10H2,1-3H3,(H,20,25). The van der Waals surface area contributed by atoms with E-state index in [1.165, 1.54) is 31.0 Å². The van der Waals surface area contributed by atoms with Crippen LogP contribution in [0.5, 0.6) is 5.75 Å². The number of thioether (sulfide) groups is 1. The van der Waals surface area contributed by atoms with Gasteiger partial charge in [0.15, 0.2) is 16.7 Å². The van der Waals surface area contributed by atoms with E-state index in [-0.39, 0.29) is 23.1 Å². The highest BCUT2D eigenvalue weighted by Crippen LogP contribution is 2.33. The van der Waals surface area contributed by atoms with Gasteiger partial charge in [-0.1, -0.05) is 11.8 Å². The Morgan fingerprint density at radius 1 is 1.31 bits per heavy atom. The van der Waals surface area contributed by atoms with Gasteiger partial charge in [-0.15, -0.1) is 10.2 Å². The Bertz CT molecular complexity index is 1050. The lowest BCUT2D eigenvalue weighted by Gasteiger charge is -2.10. The van der Waals surface area contributed by atoms with Crippen LogP contribution in [0.3, 0.4) is 0 Å². The van der Waals surface area contributed by atoms with Crippen LogP contribution in [0, 0.1) is 17.0 Å². The summed E-state index contributed by atoms with van der Waals surface area (Å²) < 4.78 is 6.85. The van der Waals surface area contributed by atoms with Gasteiger partial charge in [-0.05, 0) is 24.6 Å². The number of anilines is 1. The van der Waals surface area contributed by atoms with Crippen LogP contribution in [0.15, 0.2) is 41.8 Å². The van der Waals surface area contributed by atoms with Crippen LogP contribution < -0.4 is 10.1 Å². The van der Waals surface area contributed by atoms with E-state index in [9.17, 15) is 14.9 Å². The second kappa shape index (κ2) is 8.69. The Hall–Kier alpha value is -3.47. The lowest BCUT2D eigenvalue weighted by Crippen LogP contribution is -2.15. The molecule has 2 heterocycles. The molecule has 0 spiro atoms. The van der Waals surface area contributed by atoms with Crippen molar-refractivity contribution in [3.8, 4) is 17.1 Å². The average Bonchev–Trinajstić information content (AvgIpc) is 3.08. The van der Waals surface area contributed by atoms with Crippen molar-refractivity contribution >= 4 is 29.0 Å². The molecular weight excluding hydrogens is 396 g/mol. The SMILES string of the molecule is COc1cc(NC(=O)CSc2nnc(-c3ccncc3)n2C)c(C)cc1[N+](=O)[O-]. The fourth-order valence-electron chi connectivity index (χ4n) is 2.62. The first kappa shape index (κ1) is 20.3. The van der Waals surface area contributed by atoms with Gasteiger partial charge >= 0.3 is 5.69 Å². The second-order valence-corrected chi connectivity index (χ2v) is 6.98. The minimum atomic E-state index is -0.526. The second-order valence-electron chi connectivity index (χ2n) is 6.03. The van der Waals surface area contributed by atoms with Gasteiger partial charge in [0, 0.05) is 42.8 Å². The van der Waals surface area contributed by atoms with Crippen LogP contribution in [-0.4, -0.2) is 43.4 Å². The number of carbonyl (C=O) groups is 1. The lowest BCUT2D eigenvalue weighted by atomic mass is 10.1. The molecule has 0 saturated carbocycles. The third kappa shape index (κ3) is 4.51.